The van der Waals surface area contributed by atoms with E-state index in [9.17, 15) is 0 Å². The highest BCUT2D eigenvalue weighted by Crippen LogP contribution is 2.43. The van der Waals surface area contributed by atoms with Crippen LogP contribution in [0.15, 0.2) is 0 Å². The molecule has 2 fully saturated rings. The van der Waals surface area contributed by atoms with Crippen molar-refractivity contribution in [3.05, 3.63) is 0 Å². The van der Waals surface area contributed by atoms with Gasteiger partial charge in [0.15, 0.2) is 0 Å². The lowest BCUT2D eigenvalue weighted by Crippen LogP contribution is -2.34. The molecule has 0 aromatic carbocycles. The summed E-state index contributed by atoms with van der Waals surface area (Å²) in [7, 11) is 0. The minimum absolute atomic E-state index is 0.677. The van der Waals surface area contributed by atoms with Crippen LogP contribution >= 0.6 is 0 Å². The lowest BCUT2D eigenvalue weighted by atomic mass is 9.78. The number of hydrogen-bond donors (Lipinski definition) is 1. The molecule has 0 atom stereocenters. The molecular weight excluding hydrogens is 170 g/mol. The third-order valence-electron chi connectivity index (χ3n) is 3.85. The summed E-state index contributed by atoms with van der Waals surface area (Å²) in [6, 6.07) is 0.889. The van der Waals surface area contributed by atoms with Gasteiger partial charge in [0.2, 0.25) is 0 Å². The third-order valence-corrected chi connectivity index (χ3v) is 3.85. The first kappa shape index (κ1) is 10.5. The molecule has 2 rings (SSSR count). The Labute approximate surface area is 88.7 Å². The average molecular weight is 195 g/mol. The quantitative estimate of drug-likeness (QED) is 0.709. The Balaban J connectivity index is 1.83. The molecule has 2 aliphatic carbocycles. The molecule has 0 aromatic rings. The van der Waals surface area contributed by atoms with Crippen LogP contribution in [-0.4, -0.2) is 12.6 Å². The zero-order valence-electron chi connectivity index (χ0n) is 9.81. The predicted molar refractivity (Wildman–Crippen MR) is 61.4 cm³/mol. The summed E-state index contributed by atoms with van der Waals surface area (Å²) in [5.74, 6) is 0.870. The zero-order valence-corrected chi connectivity index (χ0v) is 9.81. The van der Waals surface area contributed by atoms with Crippen LogP contribution in [0, 0.1) is 11.3 Å². The summed E-state index contributed by atoms with van der Waals surface area (Å²) in [4.78, 5) is 0. The molecule has 1 nitrogen and oxygen atoms in total. The van der Waals surface area contributed by atoms with Crippen LogP contribution in [0.3, 0.4) is 0 Å². The van der Waals surface area contributed by atoms with E-state index in [0.717, 1.165) is 12.0 Å². The van der Waals surface area contributed by atoms with Gasteiger partial charge in [-0.1, -0.05) is 26.7 Å². The van der Waals surface area contributed by atoms with Crippen molar-refractivity contribution in [1.29, 1.82) is 0 Å². The smallest absolute Gasteiger partial charge is 0.00684 e. The van der Waals surface area contributed by atoms with Crippen molar-refractivity contribution >= 4 is 0 Å². The van der Waals surface area contributed by atoms with Gasteiger partial charge < -0.3 is 5.32 Å². The van der Waals surface area contributed by atoms with Crippen molar-refractivity contribution in [3.8, 4) is 0 Å². The highest BCUT2D eigenvalue weighted by atomic mass is 15.0. The summed E-state index contributed by atoms with van der Waals surface area (Å²) < 4.78 is 0. The first-order valence-corrected chi connectivity index (χ1v) is 6.44. The fourth-order valence-corrected chi connectivity index (χ4v) is 3.09. The first-order chi connectivity index (χ1) is 6.70. The molecule has 0 amide bonds. The number of nitrogens with one attached hydrogen (secondary N) is 1. The van der Waals surface area contributed by atoms with Gasteiger partial charge in [-0.05, 0) is 43.4 Å². The van der Waals surface area contributed by atoms with Crippen molar-refractivity contribution in [3.63, 3.8) is 0 Å². The maximum atomic E-state index is 3.74. The minimum Gasteiger partial charge on any atom is -0.313 e. The maximum Gasteiger partial charge on any atom is 0.00684 e. The Hall–Kier alpha value is -0.0400. The van der Waals surface area contributed by atoms with E-state index in [-0.39, 0.29) is 0 Å². The standard InChI is InChI=1S/C13H25N/c1-11(2)9-13(7-3-4-8-13)10-14-12-5-6-12/h11-12,14H,3-10H2,1-2H3. The Bertz CT molecular complexity index is 176. The van der Waals surface area contributed by atoms with Gasteiger partial charge in [0.25, 0.3) is 0 Å². The lowest BCUT2D eigenvalue weighted by molar-refractivity contribution is 0.223. The lowest BCUT2D eigenvalue weighted by Gasteiger charge is -2.31. The second-order valence-corrected chi connectivity index (χ2v) is 5.96. The van der Waals surface area contributed by atoms with E-state index < -0.39 is 0 Å². The van der Waals surface area contributed by atoms with Crippen LogP contribution in [0.2, 0.25) is 0 Å². The molecule has 0 aliphatic heterocycles. The van der Waals surface area contributed by atoms with Gasteiger partial charge in [-0.2, -0.15) is 0 Å². The van der Waals surface area contributed by atoms with Gasteiger partial charge in [-0.25, -0.2) is 0 Å². The molecule has 14 heavy (non-hydrogen) atoms. The Kier molecular flexibility index (Phi) is 3.16. The van der Waals surface area contributed by atoms with E-state index in [1.807, 2.05) is 0 Å². The summed E-state index contributed by atoms with van der Waals surface area (Å²) in [6.07, 6.45) is 10.2. The zero-order chi connectivity index (χ0) is 10.0. The molecule has 1 heteroatoms. The highest BCUT2D eigenvalue weighted by Gasteiger charge is 2.35. The summed E-state index contributed by atoms with van der Waals surface area (Å²) in [5, 5.41) is 3.74. The summed E-state index contributed by atoms with van der Waals surface area (Å²) in [6.45, 7) is 6.05. The van der Waals surface area contributed by atoms with Crippen LogP contribution in [0.25, 0.3) is 0 Å². The third kappa shape index (κ3) is 2.73. The molecular formula is C13H25N. The molecule has 82 valence electrons. The number of hydrogen-bond acceptors (Lipinski definition) is 1. The normalized spacial score (nSPS) is 25.9. The van der Waals surface area contributed by atoms with Crippen molar-refractivity contribution < 1.29 is 0 Å². The highest BCUT2D eigenvalue weighted by molar-refractivity contribution is 4.91. The topological polar surface area (TPSA) is 12.0 Å². The van der Waals surface area contributed by atoms with Gasteiger partial charge in [0.05, 0.1) is 0 Å². The Morgan fingerprint density at radius 2 is 1.86 bits per heavy atom. The Morgan fingerprint density at radius 1 is 1.21 bits per heavy atom. The van der Waals surface area contributed by atoms with Crippen molar-refractivity contribution in [2.75, 3.05) is 6.54 Å². The van der Waals surface area contributed by atoms with Crippen LogP contribution in [0.5, 0.6) is 0 Å². The fraction of sp³-hybridized carbons (Fsp3) is 1.00. The molecule has 0 aromatic heterocycles. The second-order valence-electron chi connectivity index (χ2n) is 5.96. The van der Waals surface area contributed by atoms with E-state index in [4.69, 9.17) is 0 Å². The van der Waals surface area contributed by atoms with Crippen LogP contribution in [-0.2, 0) is 0 Å². The van der Waals surface area contributed by atoms with E-state index in [1.54, 1.807) is 0 Å². The van der Waals surface area contributed by atoms with Gasteiger partial charge in [0.1, 0.15) is 0 Å². The molecule has 0 bridgehead atoms. The summed E-state index contributed by atoms with van der Waals surface area (Å²) >= 11 is 0. The predicted octanol–water partition coefficient (Wildman–Crippen LogP) is 3.34. The van der Waals surface area contributed by atoms with Crippen molar-refractivity contribution in [2.24, 2.45) is 11.3 Å². The van der Waals surface area contributed by atoms with Gasteiger partial charge >= 0.3 is 0 Å². The largest absolute Gasteiger partial charge is 0.313 e. The van der Waals surface area contributed by atoms with E-state index in [0.29, 0.717) is 5.41 Å². The van der Waals surface area contributed by atoms with Crippen LogP contribution in [0.1, 0.15) is 58.8 Å². The molecule has 0 radical (unpaired) electrons. The average Bonchev–Trinajstić information content (AvgIpc) is 2.85. The van der Waals surface area contributed by atoms with E-state index in [1.165, 1.54) is 51.5 Å². The SMILES string of the molecule is CC(C)CC1(CNC2CC2)CCCC1. The molecule has 0 saturated heterocycles. The molecule has 0 spiro atoms. The van der Waals surface area contributed by atoms with Crippen LogP contribution in [0.4, 0.5) is 0 Å². The molecule has 0 heterocycles. The van der Waals surface area contributed by atoms with Crippen LogP contribution < -0.4 is 5.32 Å². The first-order valence-electron chi connectivity index (χ1n) is 6.44. The monoisotopic (exact) mass is 195 g/mol. The maximum absolute atomic E-state index is 3.74. The van der Waals surface area contributed by atoms with Crippen molar-refractivity contribution in [1.82, 2.24) is 5.32 Å². The minimum atomic E-state index is 0.677. The molecule has 2 aliphatic rings. The second kappa shape index (κ2) is 4.22. The van der Waals surface area contributed by atoms with E-state index >= 15 is 0 Å². The molecule has 0 unspecified atom stereocenters. The van der Waals surface area contributed by atoms with Crippen molar-refractivity contribution in [2.45, 2.75) is 64.8 Å². The summed E-state index contributed by atoms with van der Waals surface area (Å²) in [5.41, 5.74) is 0.677. The van der Waals surface area contributed by atoms with E-state index in [2.05, 4.69) is 19.2 Å². The molecule has 2 saturated carbocycles. The van der Waals surface area contributed by atoms with Gasteiger partial charge in [-0.15, -0.1) is 0 Å². The number of rotatable bonds is 5. The Morgan fingerprint density at radius 3 is 2.36 bits per heavy atom. The fourth-order valence-electron chi connectivity index (χ4n) is 3.09. The molecule has 1 N–H and O–H groups in total. The van der Waals surface area contributed by atoms with Gasteiger partial charge in [-0.3, -0.25) is 0 Å². The van der Waals surface area contributed by atoms with Gasteiger partial charge in [0, 0.05) is 12.6 Å².